The third kappa shape index (κ3) is 5.64. The Labute approximate surface area is 135 Å². The molecule has 3 nitrogen and oxygen atoms in total. The molecule has 6 heteroatoms. The van der Waals surface area contributed by atoms with Crippen LogP contribution in [0.2, 0.25) is 0 Å². The van der Waals surface area contributed by atoms with Crippen molar-refractivity contribution < 1.29 is 34.3 Å². The van der Waals surface area contributed by atoms with Crippen molar-refractivity contribution in [1.29, 1.82) is 1.43 Å². The van der Waals surface area contributed by atoms with E-state index in [0.717, 1.165) is 0 Å². The minimum Gasteiger partial charge on any atom is -0.394 e. The quantitative estimate of drug-likeness (QED) is 0.553. The smallest absolute Gasteiger partial charge is 0.210 e. The zero-order valence-corrected chi connectivity index (χ0v) is 15.4. The Morgan fingerprint density at radius 1 is 1.41 bits per heavy atom. The van der Waals surface area contributed by atoms with Crippen molar-refractivity contribution in [2.45, 2.75) is 40.4 Å². The van der Waals surface area contributed by atoms with Crippen molar-refractivity contribution in [3.63, 3.8) is 0 Å². The van der Waals surface area contributed by atoms with Gasteiger partial charge in [-0.25, -0.2) is 0 Å². The number of aliphatic hydroxyl groups is 1. The molecule has 0 spiro atoms. The molecule has 1 radical (unpaired) electrons. The fraction of sp³-hybridized carbons (Fsp3) is 1.00. The number of ether oxygens (including phenoxy) is 1. The first kappa shape index (κ1) is 16.7. The number of hydrogen-bond acceptors (Lipinski definition) is 3. The molecule has 0 bridgehead atoms. The maximum atomic E-state index is 6.84. The molecule has 0 saturated carbocycles. The van der Waals surface area contributed by atoms with Gasteiger partial charge in [-0.3, -0.25) is 0 Å². The second-order valence-electron chi connectivity index (χ2n) is 4.35. The topological polar surface area (TPSA) is 38.7 Å². The van der Waals surface area contributed by atoms with Crippen LogP contribution < -0.4 is 0 Å². The molecule has 0 aromatic heterocycles. The van der Waals surface area contributed by atoms with Gasteiger partial charge in [0.25, 0.3) is 0 Å². The van der Waals surface area contributed by atoms with Gasteiger partial charge in [-0.05, 0) is 39.8 Å². The van der Waals surface area contributed by atoms with Crippen LogP contribution in [-0.2, 0) is 27.8 Å². The summed E-state index contributed by atoms with van der Waals surface area (Å²) in [5.74, 6) is 1.49. The second-order valence-corrected chi connectivity index (χ2v) is 6.11. The Morgan fingerprint density at radius 2 is 2.00 bits per heavy atom. The summed E-state index contributed by atoms with van der Waals surface area (Å²) in [5, 5.41) is 4.47. The van der Waals surface area contributed by atoms with Gasteiger partial charge >= 0.3 is 0 Å². The summed E-state index contributed by atoms with van der Waals surface area (Å²) in [6.45, 7) is 8.09. The van der Waals surface area contributed by atoms with Gasteiger partial charge in [0.2, 0.25) is 1.43 Å². The summed E-state index contributed by atoms with van der Waals surface area (Å²) >= 11 is 2.22. The van der Waals surface area contributed by atoms with Crippen LogP contribution in [0.25, 0.3) is 0 Å². The average molecular weight is 416 g/mol. The fourth-order valence-electron chi connectivity index (χ4n) is 2.12. The van der Waals surface area contributed by atoms with E-state index in [0.29, 0.717) is 37.4 Å². The van der Waals surface area contributed by atoms with E-state index in [1.165, 1.54) is 7.40 Å². The molecule has 17 heavy (non-hydrogen) atoms. The predicted octanol–water partition coefficient (Wildman–Crippen LogP) is 3.25. The minimum absolute atomic E-state index is 0. The molecule has 1 heterocycles. The molecule has 1 fully saturated rings. The van der Waals surface area contributed by atoms with Crippen LogP contribution in [0.15, 0.2) is 0 Å². The van der Waals surface area contributed by atoms with Crippen molar-refractivity contribution in [3.05, 3.63) is 0 Å². The van der Waals surface area contributed by atoms with Gasteiger partial charge in [0, 0.05) is 19.9 Å². The third-order valence-electron chi connectivity index (χ3n) is 3.65. The van der Waals surface area contributed by atoms with Crippen molar-refractivity contribution in [3.8, 4) is 0 Å². The fourth-order valence-corrected chi connectivity index (χ4v) is 2.89. The molecule has 0 amide bonds. The van der Waals surface area contributed by atoms with E-state index in [1.54, 1.807) is 0 Å². The molecule has 1 unspecified atom stereocenters. The second kappa shape index (κ2) is 10.4. The SMILES string of the molecule is [2H]OC[C@@H]1O[C@H](COPI)[C@H](C)[C@H](C)[C@H]1C.[3H]C.[V]. The zero-order valence-electron chi connectivity index (χ0n) is 12.9. The van der Waals surface area contributed by atoms with E-state index in [-0.39, 0.29) is 30.8 Å². The van der Waals surface area contributed by atoms with Crippen LogP contribution in [0.3, 0.4) is 0 Å². The summed E-state index contributed by atoms with van der Waals surface area (Å²) in [4.78, 5) is 0. The average Bonchev–Trinajstić information content (AvgIpc) is 2.40. The molecular formula is C11H24IO3PV. The number of halogens is 1. The Bertz CT molecular complexity index is 218. The Morgan fingerprint density at radius 3 is 2.53 bits per heavy atom. The van der Waals surface area contributed by atoms with Crippen molar-refractivity contribution in [2.24, 2.45) is 17.8 Å². The van der Waals surface area contributed by atoms with Gasteiger partial charge < -0.3 is 14.4 Å². The molecule has 1 aliphatic heterocycles. The maximum absolute atomic E-state index is 6.84. The molecule has 0 aliphatic carbocycles. The number of aliphatic hydroxyl groups excluding tert-OH is 1. The van der Waals surface area contributed by atoms with Gasteiger partial charge in [0.15, 0.2) is 0 Å². The Balaban J connectivity index is 0. The van der Waals surface area contributed by atoms with E-state index in [9.17, 15) is 0 Å². The van der Waals surface area contributed by atoms with Crippen LogP contribution in [-0.4, -0.2) is 32.0 Å². The van der Waals surface area contributed by atoms with Crippen molar-refractivity contribution >= 4 is 28.5 Å². The Hall–Kier alpha value is 1.62. The largest absolute Gasteiger partial charge is 0.394 e. The summed E-state index contributed by atoms with van der Waals surface area (Å²) in [5.41, 5.74) is 0. The van der Waals surface area contributed by atoms with E-state index in [4.69, 9.17) is 12.1 Å². The molecule has 0 aromatic carbocycles. The zero-order chi connectivity index (χ0) is 14.1. The molecular weight excluding hydrogens is 389 g/mol. The summed E-state index contributed by atoms with van der Waals surface area (Å²) < 4.78 is 24.0. The summed E-state index contributed by atoms with van der Waals surface area (Å²) in [6, 6.07) is 0. The normalized spacial score (nSPS) is 38.8. The van der Waals surface area contributed by atoms with Gasteiger partial charge in [-0.2, -0.15) is 0 Å². The first-order chi connectivity index (χ1) is 8.61. The Kier molecular flexibility index (Phi) is 10.2. The molecule has 1 aliphatic rings. The monoisotopic (exact) mass is 416 g/mol. The van der Waals surface area contributed by atoms with Crippen LogP contribution >= 0.6 is 28.5 Å². The molecule has 6 atom stereocenters. The molecule has 103 valence electrons. The maximum Gasteiger partial charge on any atom is 0.210 e. The van der Waals surface area contributed by atoms with E-state index in [2.05, 4.69) is 47.9 Å². The predicted molar refractivity (Wildman–Crippen MR) is 78.3 cm³/mol. The van der Waals surface area contributed by atoms with E-state index < -0.39 is 0 Å². The number of hydrogen-bond donors (Lipinski definition) is 1. The first-order valence-corrected chi connectivity index (χ1v) is 9.35. The number of rotatable bonds is 5. The molecule has 1 N–H and O–H groups in total. The van der Waals surface area contributed by atoms with Crippen molar-refractivity contribution in [1.82, 2.24) is 0 Å². The molecule has 0 aromatic rings. The molecule has 1 saturated heterocycles. The van der Waals surface area contributed by atoms with Crippen LogP contribution in [0.5, 0.6) is 0 Å². The third-order valence-corrected chi connectivity index (χ3v) is 4.86. The standard InChI is InChI=1S/C10H20IO3P.CH4.V/c1-6-7(2)9(4-12)14-10(8(6)3)5-13-15-11;;/h6-10,12,15H,4-5H2,1-3H3;1H4;/t6-,7-,8-,9+,10-;;/m1../s1/i12D;1T;. The first-order valence-electron chi connectivity index (χ1n) is 6.73. The van der Waals surface area contributed by atoms with E-state index >= 15 is 0 Å². The van der Waals surface area contributed by atoms with Gasteiger partial charge in [-0.1, -0.05) is 28.2 Å². The summed E-state index contributed by atoms with van der Waals surface area (Å²) in [6.07, 6.45) is 0.156. The van der Waals surface area contributed by atoms with E-state index in [1.807, 2.05) is 0 Å². The summed E-state index contributed by atoms with van der Waals surface area (Å²) in [7, 11) is 1.25. The van der Waals surface area contributed by atoms with Gasteiger partial charge in [0.05, 0.1) is 31.9 Å². The van der Waals surface area contributed by atoms with Crippen molar-refractivity contribution in [2.75, 3.05) is 13.2 Å². The minimum atomic E-state index is 0. The molecule has 1 rings (SSSR count). The van der Waals surface area contributed by atoms with Crippen LogP contribution in [0.4, 0.5) is 0 Å². The van der Waals surface area contributed by atoms with Crippen LogP contribution in [0, 0.1) is 17.8 Å². The van der Waals surface area contributed by atoms with Gasteiger partial charge in [-0.15, -0.1) is 0 Å². The van der Waals surface area contributed by atoms with Crippen LogP contribution in [0.1, 0.15) is 29.5 Å². The van der Waals surface area contributed by atoms with Gasteiger partial charge in [0.1, 0.15) is 0 Å².